The lowest BCUT2D eigenvalue weighted by Gasteiger charge is -2.43. The number of aliphatic hydroxyl groups is 2. The van der Waals surface area contributed by atoms with Crippen LogP contribution in [0.4, 0.5) is 4.39 Å². The Labute approximate surface area is 165 Å². The second-order valence-corrected chi connectivity index (χ2v) is 9.15. The molecule has 5 heteroatoms. The van der Waals surface area contributed by atoms with Gasteiger partial charge in [0.25, 0.3) is 0 Å². The van der Waals surface area contributed by atoms with E-state index in [9.17, 15) is 14.6 Å². The van der Waals surface area contributed by atoms with Gasteiger partial charge in [0.1, 0.15) is 5.82 Å². The first-order valence-corrected chi connectivity index (χ1v) is 10.8. The minimum atomic E-state index is -0.461. The number of hydrogen-bond donors (Lipinski definition) is 2. The van der Waals surface area contributed by atoms with Crippen molar-refractivity contribution in [2.75, 3.05) is 0 Å². The first-order valence-electron chi connectivity index (χ1n) is 10.8. The number of halogens is 1. The molecule has 0 radical (unpaired) electrons. The predicted octanol–water partition coefficient (Wildman–Crippen LogP) is 4.31. The van der Waals surface area contributed by atoms with Gasteiger partial charge < -0.3 is 14.8 Å². The number of imidazole rings is 1. The zero-order valence-corrected chi connectivity index (χ0v) is 16.2. The summed E-state index contributed by atoms with van der Waals surface area (Å²) in [5, 5.41) is 21.1. The molecule has 0 amide bonds. The molecule has 1 aliphatic heterocycles. The Hall–Kier alpha value is -1.72. The summed E-state index contributed by atoms with van der Waals surface area (Å²) in [5.74, 6) is 1.31. The number of hydrogen-bond acceptors (Lipinski definition) is 3. The molecule has 2 bridgehead atoms. The van der Waals surface area contributed by atoms with E-state index >= 15 is 0 Å². The van der Waals surface area contributed by atoms with Crippen LogP contribution in [0.2, 0.25) is 0 Å². The van der Waals surface area contributed by atoms with E-state index in [1.54, 1.807) is 18.6 Å². The summed E-state index contributed by atoms with van der Waals surface area (Å²) in [6.45, 7) is 0. The first-order chi connectivity index (χ1) is 13.6. The van der Waals surface area contributed by atoms with Crippen molar-refractivity contribution >= 4 is 0 Å². The van der Waals surface area contributed by atoms with Gasteiger partial charge in [-0.2, -0.15) is 0 Å². The molecule has 2 saturated carbocycles. The standard InChI is InChI=1S/C23H29FN2O2/c24-19-6-2-5-18-21-12-25-13-26(21)20(22(18)19)11-17(27)8-7-14-9-15-3-1-4-16(10-14)23(15)28/h2,5-6,12-17,20,23,27-28H,1,3-4,7-11H2/t14?,15?,16?,17-,20+,23?/m1/s1. The van der Waals surface area contributed by atoms with E-state index in [1.807, 2.05) is 10.6 Å². The molecule has 2 unspecified atom stereocenters. The van der Waals surface area contributed by atoms with Crippen LogP contribution in [0, 0.1) is 23.6 Å². The van der Waals surface area contributed by atoms with Crippen LogP contribution in [0.25, 0.3) is 11.3 Å². The summed E-state index contributed by atoms with van der Waals surface area (Å²) in [6.07, 6.45) is 10.9. The number of benzene rings is 1. The van der Waals surface area contributed by atoms with Gasteiger partial charge in [0.15, 0.2) is 0 Å². The van der Waals surface area contributed by atoms with Gasteiger partial charge in [-0.05, 0) is 68.8 Å². The molecule has 28 heavy (non-hydrogen) atoms. The SMILES string of the molecule is OC1C2CCCC1CC(CC[C@@H](O)C[C@H]1c3c(F)cccc3-c3cncn31)C2. The molecular weight excluding hydrogens is 355 g/mol. The Morgan fingerprint density at radius 2 is 2.00 bits per heavy atom. The zero-order chi connectivity index (χ0) is 19.3. The Morgan fingerprint density at radius 1 is 1.21 bits per heavy atom. The van der Waals surface area contributed by atoms with Crippen molar-refractivity contribution in [2.24, 2.45) is 17.8 Å². The molecule has 2 N–H and O–H groups in total. The monoisotopic (exact) mass is 384 g/mol. The van der Waals surface area contributed by atoms with Gasteiger partial charge in [-0.1, -0.05) is 18.6 Å². The molecule has 2 aliphatic carbocycles. The highest BCUT2D eigenvalue weighted by Gasteiger charge is 2.39. The Balaban J connectivity index is 1.24. The van der Waals surface area contributed by atoms with E-state index in [1.165, 1.54) is 12.5 Å². The largest absolute Gasteiger partial charge is 0.393 e. The van der Waals surface area contributed by atoms with E-state index < -0.39 is 6.10 Å². The van der Waals surface area contributed by atoms with Crippen LogP contribution in [0.15, 0.2) is 30.7 Å². The van der Waals surface area contributed by atoms with Gasteiger partial charge in [-0.3, -0.25) is 0 Å². The lowest BCUT2D eigenvalue weighted by molar-refractivity contribution is -0.0372. The second-order valence-electron chi connectivity index (χ2n) is 9.15. The molecular formula is C23H29FN2O2. The molecule has 1 aromatic carbocycles. The quantitative estimate of drug-likeness (QED) is 0.808. The average Bonchev–Trinajstić information content (AvgIpc) is 3.24. The van der Waals surface area contributed by atoms with Gasteiger partial charge in [0.05, 0.1) is 36.5 Å². The number of aliphatic hydroxyl groups excluding tert-OH is 2. The van der Waals surface area contributed by atoms with Crippen molar-refractivity contribution < 1.29 is 14.6 Å². The van der Waals surface area contributed by atoms with Crippen molar-refractivity contribution in [1.29, 1.82) is 0 Å². The first kappa shape index (κ1) is 18.3. The van der Waals surface area contributed by atoms with Crippen LogP contribution >= 0.6 is 0 Å². The second kappa shape index (κ2) is 7.27. The van der Waals surface area contributed by atoms with E-state index in [-0.39, 0.29) is 18.0 Å². The Morgan fingerprint density at radius 3 is 2.79 bits per heavy atom. The van der Waals surface area contributed by atoms with Crippen molar-refractivity contribution in [3.8, 4) is 11.3 Å². The van der Waals surface area contributed by atoms with Gasteiger partial charge in [-0.15, -0.1) is 0 Å². The minimum absolute atomic E-state index is 0.104. The predicted molar refractivity (Wildman–Crippen MR) is 105 cm³/mol. The number of fused-ring (bicyclic) bond motifs is 5. The van der Waals surface area contributed by atoms with Crippen molar-refractivity contribution in [1.82, 2.24) is 9.55 Å². The summed E-state index contributed by atoms with van der Waals surface area (Å²) < 4.78 is 16.5. The Bertz CT molecular complexity index is 837. The van der Waals surface area contributed by atoms with Gasteiger partial charge in [0, 0.05) is 11.1 Å². The molecule has 1 aromatic heterocycles. The summed E-state index contributed by atoms with van der Waals surface area (Å²) in [4.78, 5) is 4.22. The maximum atomic E-state index is 14.5. The van der Waals surface area contributed by atoms with Gasteiger partial charge >= 0.3 is 0 Å². The lowest BCUT2D eigenvalue weighted by atomic mass is 9.65. The number of rotatable bonds is 5. The van der Waals surface area contributed by atoms with E-state index in [4.69, 9.17) is 0 Å². The molecule has 2 heterocycles. The van der Waals surface area contributed by atoms with Crippen molar-refractivity contribution in [3.05, 3.63) is 42.1 Å². The van der Waals surface area contributed by atoms with Crippen LogP contribution in [0.1, 0.15) is 63.0 Å². The average molecular weight is 384 g/mol. The Kier molecular flexibility index (Phi) is 4.76. The fraction of sp³-hybridized carbons (Fsp3) is 0.609. The number of aromatic nitrogens is 2. The maximum absolute atomic E-state index is 14.5. The normalized spacial score (nSPS) is 32.0. The van der Waals surface area contributed by atoms with Crippen LogP contribution in [-0.2, 0) is 0 Å². The molecule has 4 atom stereocenters. The molecule has 4 nitrogen and oxygen atoms in total. The van der Waals surface area contributed by atoms with E-state index in [0.717, 1.165) is 49.8 Å². The third-order valence-corrected chi connectivity index (χ3v) is 7.46. The molecule has 2 fully saturated rings. The highest BCUT2D eigenvalue weighted by molar-refractivity contribution is 5.69. The summed E-state index contributed by atoms with van der Waals surface area (Å²) in [5.41, 5.74) is 2.51. The van der Waals surface area contributed by atoms with Crippen molar-refractivity contribution in [2.45, 2.75) is 69.6 Å². The highest BCUT2D eigenvalue weighted by atomic mass is 19.1. The van der Waals surface area contributed by atoms with Gasteiger partial charge in [-0.25, -0.2) is 9.37 Å². The van der Waals surface area contributed by atoms with E-state index in [0.29, 0.717) is 29.7 Å². The molecule has 2 aromatic rings. The maximum Gasteiger partial charge on any atom is 0.129 e. The van der Waals surface area contributed by atoms with E-state index in [2.05, 4.69) is 4.98 Å². The van der Waals surface area contributed by atoms with Crippen LogP contribution in [-0.4, -0.2) is 32.0 Å². The minimum Gasteiger partial charge on any atom is -0.393 e. The zero-order valence-electron chi connectivity index (χ0n) is 16.2. The van der Waals surface area contributed by atoms with Crippen molar-refractivity contribution in [3.63, 3.8) is 0 Å². The summed E-state index contributed by atoms with van der Waals surface area (Å²) >= 11 is 0. The third kappa shape index (κ3) is 3.09. The fourth-order valence-corrected chi connectivity index (χ4v) is 6.11. The molecule has 3 aliphatic rings. The topological polar surface area (TPSA) is 58.3 Å². The summed E-state index contributed by atoms with van der Waals surface area (Å²) in [6, 6.07) is 4.99. The lowest BCUT2D eigenvalue weighted by Crippen LogP contribution is -2.40. The van der Waals surface area contributed by atoms with Crippen LogP contribution < -0.4 is 0 Å². The van der Waals surface area contributed by atoms with Gasteiger partial charge in [0.2, 0.25) is 0 Å². The van der Waals surface area contributed by atoms with Crippen LogP contribution in [0.3, 0.4) is 0 Å². The summed E-state index contributed by atoms with van der Waals surface area (Å²) in [7, 11) is 0. The third-order valence-electron chi connectivity index (χ3n) is 7.46. The molecule has 0 spiro atoms. The van der Waals surface area contributed by atoms with Crippen LogP contribution in [0.5, 0.6) is 0 Å². The number of nitrogens with zero attached hydrogens (tertiary/aromatic N) is 2. The molecule has 5 rings (SSSR count). The molecule has 150 valence electrons. The molecule has 0 saturated heterocycles. The smallest absolute Gasteiger partial charge is 0.129 e. The highest BCUT2D eigenvalue weighted by Crippen LogP contribution is 2.45. The fourth-order valence-electron chi connectivity index (χ4n) is 6.11.